The van der Waals surface area contributed by atoms with Gasteiger partial charge in [-0.3, -0.25) is 4.79 Å². The van der Waals surface area contributed by atoms with Gasteiger partial charge in [0.15, 0.2) is 5.78 Å². The number of ketones is 1. The van der Waals surface area contributed by atoms with Crippen LogP contribution in [0.3, 0.4) is 0 Å². The Balaban J connectivity index is 2.51. The Morgan fingerprint density at radius 1 is 1.12 bits per heavy atom. The Labute approximate surface area is 113 Å². The minimum absolute atomic E-state index is 0.141. The fourth-order valence-corrected chi connectivity index (χ4v) is 2.15. The zero-order valence-electron chi connectivity index (χ0n) is 8.78. The molecule has 0 radical (unpaired) electrons. The summed E-state index contributed by atoms with van der Waals surface area (Å²) in [7, 11) is 0. The molecule has 17 heavy (non-hydrogen) atoms. The quantitative estimate of drug-likeness (QED) is 0.675. The van der Waals surface area contributed by atoms with E-state index in [-0.39, 0.29) is 5.78 Å². The number of anilines is 1. The average molecular weight is 311 g/mol. The molecule has 0 aromatic heterocycles. The van der Waals surface area contributed by atoms with Crippen LogP contribution in [-0.4, -0.2) is 5.78 Å². The SMILES string of the molecule is Nc1ccc(Cl)cc1C(=O)c1ccccc1Br. The summed E-state index contributed by atoms with van der Waals surface area (Å²) in [5, 5.41) is 0.495. The minimum Gasteiger partial charge on any atom is -0.398 e. The highest BCUT2D eigenvalue weighted by atomic mass is 79.9. The van der Waals surface area contributed by atoms with Crippen LogP contribution in [0.15, 0.2) is 46.9 Å². The van der Waals surface area contributed by atoms with Crippen LogP contribution in [0.5, 0.6) is 0 Å². The van der Waals surface area contributed by atoms with Gasteiger partial charge < -0.3 is 5.73 Å². The highest BCUT2D eigenvalue weighted by molar-refractivity contribution is 9.10. The molecule has 0 amide bonds. The van der Waals surface area contributed by atoms with Crippen molar-refractivity contribution in [3.8, 4) is 0 Å². The van der Waals surface area contributed by atoms with Crippen molar-refractivity contribution >= 4 is 39.0 Å². The molecule has 0 atom stereocenters. The number of hydrogen-bond acceptors (Lipinski definition) is 2. The normalized spacial score (nSPS) is 10.2. The third kappa shape index (κ3) is 2.51. The molecule has 86 valence electrons. The second kappa shape index (κ2) is 4.90. The molecule has 0 aliphatic heterocycles. The molecule has 0 unspecified atom stereocenters. The molecule has 0 saturated heterocycles. The Kier molecular flexibility index (Phi) is 3.50. The van der Waals surface area contributed by atoms with Gasteiger partial charge in [-0.15, -0.1) is 0 Å². The molecule has 2 aromatic rings. The number of nitrogens with two attached hydrogens (primary N) is 1. The van der Waals surface area contributed by atoms with Crippen LogP contribution in [0.2, 0.25) is 5.02 Å². The fraction of sp³-hybridized carbons (Fsp3) is 0. The van der Waals surface area contributed by atoms with E-state index >= 15 is 0 Å². The summed E-state index contributed by atoms with van der Waals surface area (Å²) in [6, 6.07) is 12.1. The Bertz CT molecular complexity index is 583. The topological polar surface area (TPSA) is 43.1 Å². The monoisotopic (exact) mass is 309 g/mol. The van der Waals surface area contributed by atoms with Gasteiger partial charge in [-0.05, 0) is 30.3 Å². The van der Waals surface area contributed by atoms with Crippen molar-refractivity contribution < 1.29 is 4.79 Å². The molecular formula is C13H9BrClNO. The van der Waals surface area contributed by atoms with Gasteiger partial charge in [0.25, 0.3) is 0 Å². The van der Waals surface area contributed by atoms with Crippen molar-refractivity contribution in [3.05, 3.63) is 63.1 Å². The van der Waals surface area contributed by atoms with Crippen LogP contribution < -0.4 is 5.73 Å². The average Bonchev–Trinajstić information content (AvgIpc) is 2.32. The second-order valence-electron chi connectivity index (χ2n) is 3.54. The van der Waals surface area contributed by atoms with Crippen molar-refractivity contribution in [1.29, 1.82) is 0 Å². The maximum absolute atomic E-state index is 12.3. The number of carbonyl (C=O) groups excluding carboxylic acids is 1. The Morgan fingerprint density at radius 2 is 1.82 bits per heavy atom. The van der Waals surface area contributed by atoms with E-state index in [0.29, 0.717) is 21.8 Å². The van der Waals surface area contributed by atoms with E-state index in [1.807, 2.05) is 12.1 Å². The number of hydrogen-bond donors (Lipinski definition) is 1. The van der Waals surface area contributed by atoms with Gasteiger partial charge in [0.05, 0.1) is 0 Å². The van der Waals surface area contributed by atoms with Gasteiger partial charge in [0, 0.05) is 26.3 Å². The van der Waals surface area contributed by atoms with Gasteiger partial charge in [-0.25, -0.2) is 0 Å². The summed E-state index contributed by atoms with van der Waals surface area (Å²) in [6.45, 7) is 0. The first-order valence-corrected chi connectivity index (χ1v) is 6.11. The lowest BCUT2D eigenvalue weighted by Gasteiger charge is -2.06. The fourth-order valence-electron chi connectivity index (χ4n) is 1.52. The molecule has 4 heteroatoms. The highest BCUT2D eigenvalue weighted by Crippen LogP contribution is 2.24. The summed E-state index contributed by atoms with van der Waals surface area (Å²) in [5.41, 5.74) is 7.20. The van der Waals surface area contributed by atoms with E-state index in [4.69, 9.17) is 17.3 Å². The standard InChI is InChI=1S/C13H9BrClNO/c14-11-4-2-1-3-9(11)13(17)10-7-8(15)5-6-12(10)16/h1-7H,16H2. The van der Waals surface area contributed by atoms with Crippen molar-refractivity contribution in [2.24, 2.45) is 0 Å². The molecule has 2 N–H and O–H groups in total. The van der Waals surface area contributed by atoms with Crippen LogP contribution in [0.1, 0.15) is 15.9 Å². The molecule has 2 nitrogen and oxygen atoms in total. The number of carbonyl (C=O) groups is 1. The van der Waals surface area contributed by atoms with E-state index in [0.717, 1.165) is 4.47 Å². The predicted molar refractivity (Wildman–Crippen MR) is 73.4 cm³/mol. The van der Waals surface area contributed by atoms with Crippen molar-refractivity contribution in [2.75, 3.05) is 5.73 Å². The summed E-state index contributed by atoms with van der Waals surface area (Å²) in [6.07, 6.45) is 0. The zero-order chi connectivity index (χ0) is 12.4. The predicted octanol–water partition coefficient (Wildman–Crippen LogP) is 3.92. The van der Waals surface area contributed by atoms with E-state index in [1.165, 1.54) is 0 Å². The third-order valence-corrected chi connectivity index (χ3v) is 3.31. The number of halogens is 2. The van der Waals surface area contributed by atoms with Crippen molar-refractivity contribution in [1.82, 2.24) is 0 Å². The van der Waals surface area contributed by atoms with Crippen LogP contribution in [0.4, 0.5) is 5.69 Å². The number of rotatable bonds is 2. The van der Waals surface area contributed by atoms with Gasteiger partial charge >= 0.3 is 0 Å². The molecule has 0 fully saturated rings. The van der Waals surface area contributed by atoms with Gasteiger partial charge in [0.1, 0.15) is 0 Å². The Hall–Kier alpha value is -1.32. The van der Waals surface area contributed by atoms with E-state index in [9.17, 15) is 4.79 Å². The van der Waals surface area contributed by atoms with Gasteiger partial charge in [0.2, 0.25) is 0 Å². The molecular weight excluding hydrogens is 302 g/mol. The third-order valence-electron chi connectivity index (χ3n) is 2.38. The molecule has 2 rings (SSSR count). The lowest BCUT2D eigenvalue weighted by Crippen LogP contribution is -2.06. The van der Waals surface area contributed by atoms with Crippen LogP contribution in [0, 0.1) is 0 Å². The molecule has 0 heterocycles. The molecule has 0 aliphatic carbocycles. The van der Waals surface area contributed by atoms with Crippen LogP contribution in [0.25, 0.3) is 0 Å². The minimum atomic E-state index is -0.141. The van der Waals surface area contributed by atoms with Gasteiger partial charge in [-0.2, -0.15) is 0 Å². The summed E-state index contributed by atoms with van der Waals surface area (Å²) < 4.78 is 0.740. The first kappa shape index (κ1) is 12.1. The maximum Gasteiger partial charge on any atom is 0.196 e. The molecule has 0 spiro atoms. The summed E-state index contributed by atoms with van der Waals surface area (Å²) in [4.78, 5) is 12.3. The second-order valence-corrected chi connectivity index (χ2v) is 4.83. The molecule has 0 saturated carbocycles. The van der Waals surface area contributed by atoms with Gasteiger partial charge in [-0.1, -0.05) is 39.7 Å². The summed E-state index contributed by atoms with van der Waals surface area (Å²) >= 11 is 9.21. The highest BCUT2D eigenvalue weighted by Gasteiger charge is 2.15. The molecule has 2 aromatic carbocycles. The molecule has 0 bridgehead atoms. The largest absolute Gasteiger partial charge is 0.398 e. The van der Waals surface area contributed by atoms with E-state index in [1.54, 1.807) is 30.3 Å². The zero-order valence-corrected chi connectivity index (χ0v) is 11.1. The smallest absolute Gasteiger partial charge is 0.196 e. The van der Waals surface area contributed by atoms with Crippen molar-refractivity contribution in [3.63, 3.8) is 0 Å². The lowest BCUT2D eigenvalue weighted by atomic mass is 10.0. The lowest BCUT2D eigenvalue weighted by molar-refractivity contribution is 0.103. The maximum atomic E-state index is 12.3. The van der Waals surface area contributed by atoms with Crippen LogP contribution >= 0.6 is 27.5 Å². The molecule has 0 aliphatic rings. The first-order valence-electron chi connectivity index (χ1n) is 4.94. The Morgan fingerprint density at radius 3 is 2.53 bits per heavy atom. The van der Waals surface area contributed by atoms with Crippen molar-refractivity contribution in [2.45, 2.75) is 0 Å². The number of nitrogen functional groups attached to an aromatic ring is 1. The van der Waals surface area contributed by atoms with Crippen LogP contribution in [-0.2, 0) is 0 Å². The first-order chi connectivity index (χ1) is 8.09. The van der Waals surface area contributed by atoms with E-state index in [2.05, 4.69) is 15.9 Å². The summed E-state index contributed by atoms with van der Waals surface area (Å²) in [5.74, 6) is -0.141. The number of benzene rings is 2. The van der Waals surface area contributed by atoms with E-state index < -0.39 is 0 Å².